The Morgan fingerprint density at radius 1 is 1.43 bits per heavy atom. The normalized spacial score (nSPS) is 15.2. The Bertz CT molecular complexity index is 731. The third-order valence-corrected chi connectivity index (χ3v) is 4.04. The number of amides is 1. The van der Waals surface area contributed by atoms with Crippen molar-refractivity contribution in [3.8, 4) is 0 Å². The molecule has 0 bridgehead atoms. The molecule has 0 radical (unpaired) electrons. The number of furan rings is 1. The molecule has 1 aliphatic rings. The van der Waals surface area contributed by atoms with Crippen LogP contribution in [0.3, 0.4) is 0 Å². The topological polar surface area (TPSA) is 70.8 Å². The summed E-state index contributed by atoms with van der Waals surface area (Å²) in [6.45, 7) is 2.74. The monoisotopic (exact) mass is 307 g/mol. The average molecular weight is 308 g/mol. The molecule has 0 unspecified atom stereocenters. The van der Waals surface area contributed by atoms with E-state index in [1.165, 1.54) is 0 Å². The number of likely N-dealkylation sites (tertiary alicyclic amines) is 1. The number of benzene rings is 1. The van der Waals surface area contributed by atoms with Crippen molar-refractivity contribution in [1.29, 1.82) is 0 Å². The van der Waals surface area contributed by atoms with Crippen molar-refractivity contribution in [2.24, 2.45) is 5.92 Å². The van der Waals surface area contributed by atoms with Crippen molar-refractivity contribution in [3.63, 3.8) is 0 Å². The van der Waals surface area contributed by atoms with E-state index in [1.807, 2.05) is 6.92 Å². The quantitative estimate of drug-likeness (QED) is 0.946. The molecular weight excluding hydrogens is 294 g/mol. The SMILES string of the molecule is Cc1c(C(=O)N2CC(CC(=O)O)C2)oc2ccc(Cl)cc12. The van der Waals surface area contributed by atoms with Crippen molar-refractivity contribution >= 4 is 34.4 Å². The molecule has 1 aliphatic heterocycles. The lowest BCUT2D eigenvalue weighted by Crippen LogP contribution is -2.50. The van der Waals surface area contributed by atoms with E-state index in [-0.39, 0.29) is 18.2 Å². The summed E-state index contributed by atoms with van der Waals surface area (Å²) in [6, 6.07) is 5.23. The van der Waals surface area contributed by atoms with Crippen molar-refractivity contribution in [2.45, 2.75) is 13.3 Å². The molecule has 110 valence electrons. The molecule has 0 spiro atoms. The summed E-state index contributed by atoms with van der Waals surface area (Å²) in [5.74, 6) is -0.685. The van der Waals surface area contributed by atoms with E-state index in [4.69, 9.17) is 21.1 Å². The van der Waals surface area contributed by atoms with E-state index in [9.17, 15) is 9.59 Å². The standard InChI is InChI=1S/C15H14ClNO4/c1-8-11-5-10(16)2-3-12(11)21-14(8)15(20)17-6-9(7-17)4-13(18)19/h2-3,5,9H,4,6-7H2,1H3,(H,18,19). The van der Waals surface area contributed by atoms with Gasteiger partial charge in [-0.15, -0.1) is 0 Å². The molecule has 5 nitrogen and oxygen atoms in total. The molecule has 1 amide bonds. The minimum absolute atomic E-state index is 0.0329. The molecule has 2 heterocycles. The van der Waals surface area contributed by atoms with Gasteiger partial charge in [-0.2, -0.15) is 0 Å². The first kappa shape index (κ1) is 13.9. The number of carboxylic acid groups (broad SMARTS) is 1. The number of aliphatic carboxylic acids is 1. The van der Waals surface area contributed by atoms with Crippen LogP contribution in [-0.4, -0.2) is 35.0 Å². The minimum Gasteiger partial charge on any atom is -0.481 e. The largest absolute Gasteiger partial charge is 0.481 e. The molecule has 1 saturated heterocycles. The Balaban J connectivity index is 1.80. The van der Waals surface area contributed by atoms with E-state index in [2.05, 4.69) is 0 Å². The van der Waals surface area contributed by atoms with Crippen LogP contribution in [-0.2, 0) is 4.79 Å². The highest BCUT2D eigenvalue weighted by molar-refractivity contribution is 6.31. The molecule has 1 fully saturated rings. The molecule has 21 heavy (non-hydrogen) atoms. The summed E-state index contributed by atoms with van der Waals surface area (Å²) in [4.78, 5) is 24.6. The minimum atomic E-state index is -0.832. The zero-order valence-corrected chi connectivity index (χ0v) is 12.2. The fraction of sp³-hybridized carbons (Fsp3) is 0.333. The number of carbonyl (C=O) groups excluding carboxylic acids is 1. The lowest BCUT2D eigenvalue weighted by molar-refractivity contribution is -0.139. The maximum absolute atomic E-state index is 12.4. The fourth-order valence-corrected chi connectivity index (χ4v) is 2.82. The Kier molecular flexibility index (Phi) is 3.37. The molecule has 0 aliphatic carbocycles. The lowest BCUT2D eigenvalue weighted by atomic mass is 9.96. The molecule has 0 saturated carbocycles. The summed E-state index contributed by atoms with van der Waals surface area (Å²) < 4.78 is 5.62. The van der Waals surface area contributed by atoms with Crippen LogP contribution in [0.15, 0.2) is 22.6 Å². The van der Waals surface area contributed by atoms with E-state index in [0.717, 1.165) is 10.9 Å². The van der Waals surface area contributed by atoms with Crippen LogP contribution in [0.1, 0.15) is 22.5 Å². The van der Waals surface area contributed by atoms with E-state index in [0.29, 0.717) is 29.5 Å². The summed E-state index contributed by atoms with van der Waals surface area (Å²) in [6.07, 6.45) is 0.0957. The van der Waals surface area contributed by atoms with Crippen LogP contribution in [0.2, 0.25) is 5.02 Å². The van der Waals surface area contributed by atoms with Gasteiger partial charge >= 0.3 is 5.97 Å². The van der Waals surface area contributed by atoms with Gasteiger partial charge in [-0.1, -0.05) is 11.6 Å². The third-order valence-electron chi connectivity index (χ3n) is 3.80. The van der Waals surface area contributed by atoms with E-state index >= 15 is 0 Å². The maximum Gasteiger partial charge on any atom is 0.303 e. The molecule has 2 aromatic rings. The van der Waals surface area contributed by atoms with Gasteiger partial charge in [0, 0.05) is 35.0 Å². The summed E-state index contributed by atoms with van der Waals surface area (Å²) >= 11 is 5.96. The van der Waals surface area contributed by atoms with Gasteiger partial charge in [0.25, 0.3) is 5.91 Å². The highest BCUT2D eigenvalue weighted by Crippen LogP contribution is 2.30. The molecule has 1 aromatic carbocycles. The van der Waals surface area contributed by atoms with Gasteiger partial charge in [0.15, 0.2) is 5.76 Å². The average Bonchev–Trinajstić information content (AvgIpc) is 2.70. The summed E-state index contributed by atoms with van der Waals surface area (Å²) in [5.41, 5.74) is 1.39. The van der Waals surface area contributed by atoms with Crippen molar-refractivity contribution in [1.82, 2.24) is 4.90 Å². The first-order chi connectivity index (χ1) is 9.95. The smallest absolute Gasteiger partial charge is 0.303 e. The molecule has 1 N–H and O–H groups in total. The second-order valence-corrected chi connectivity index (χ2v) is 5.81. The van der Waals surface area contributed by atoms with Crippen LogP contribution in [0.5, 0.6) is 0 Å². The Labute approximate surface area is 126 Å². The van der Waals surface area contributed by atoms with Gasteiger partial charge in [-0.3, -0.25) is 9.59 Å². The van der Waals surface area contributed by atoms with Crippen molar-refractivity contribution in [2.75, 3.05) is 13.1 Å². The third kappa shape index (κ3) is 2.49. The van der Waals surface area contributed by atoms with Crippen LogP contribution in [0.4, 0.5) is 0 Å². The molecule has 3 rings (SSSR count). The number of carboxylic acids is 1. The number of hydrogen-bond acceptors (Lipinski definition) is 3. The zero-order valence-electron chi connectivity index (χ0n) is 11.4. The van der Waals surface area contributed by atoms with Gasteiger partial charge in [0.05, 0.1) is 6.42 Å². The number of aryl methyl sites for hydroxylation is 1. The molecule has 0 atom stereocenters. The van der Waals surface area contributed by atoms with Crippen LogP contribution < -0.4 is 0 Å². The Morgan fingerprint density at radius 2 is 2.14 bits per heavy atom. The molecular formula is C15H14ClNO4. The predicted octanol–water partition coefficient (Wildman–Crippen LogP) is 2.94. The zero-order chi connectivity index (χ0) is 15.1. The van der Waals surface area contributed by atoms with Gasteiger partial charge < -0.3 is 14.4 Å². The summed E-state index contributed by atoms with van der Waals surface area (Å²) in [7, 11) is 0. The Morgan fingerprint density at radius 3 is 2.81 bits per heavy atom. The van der Waals surface area contributed by atoms with Crippen LogP contribution >= 0.6 is 11.6 Å². The van der Waals surface area contributed by atoms with Gasteiger partial charge in [-0.25, -0.2) is 0 Å². The lowest BCUT2D eigenvalue weighted by Gasteiger charge is -2.38. The van der Waals surface area contributed by atoms with Gasteiger partial charge in [0.2, 0.25) is 0 Å². The van der Waals surface area contributed by atoms with Gasteiger partial charge in [-0.05, 0) is 25.1 Å². The number of fused-ring (bicyclic) bond motifs is 1. The number of carbonyl (C=O) groups is 2. The maximum atomic E-state index is 12.4. The number of rotatable bonds is 3. The number of hydrogen-bond donors (Lipinski definition) is 1. The van der Waals surface area contributed by atoms with Gasteiger partial charge in [0.1, 0.15) is 5.58 Å². The van der Waals surface area contributed by atoms with Crippen molar-refractivity contribution in [3.05, 3.63) is 34.5 Å². The fourth-order valence-electron chi connectivity index (χ4n) is 2.65. The first-order valence-corrected chi connectivity index (χ1v) is 7.03. The highest BCUT2D eigenvalue weighted by Gasteiger charge is 2.34. The van der Waals surface area contributed by atoms with Crippen LogP contribution in [0.25, 0.3) is 11.0 Å². The second-order valence-electron chi connectivity index (χ2n) is 5.37. The van der Waals surface area contributed by atoms with E-state index in [1.54, 1.807) is 23.1 Å². The number of nitrogens with zero attached hydrogens (tertiary/aromatic N) is 1. The van der Waals surface area contributed by atoms with Crippen molar-refractivity contribution < 1.29 is 19.1 Å². The highest BCUT2D eigenvalue weighted by atomic mass is 35.5. The van der Waals surface area contributed by atoms with Crippen LogP contribution in [0, 0.1) is 12.8 Å². The molecule has 1 aromatic heterocycles. The summed E-state index contributed by atoms with van der Waals surface area (Å²) in [5, 5.41) is 10.1. The number of halogens is 1. The second kappa shape index (κ2) is 5.07. The first-order valence-electron chi connectivity index (χ1n) is 6.65. The van der Waals surface area contributed by atoms with E-state index < -0.39 is 5.97 Å². The predicted molar refractivity (Wildman–Crippen MR) is 77.6 cm³/mol. The Hall–Kier alpha value is -2.01. The molecule has 6 heteroatoms.